The lowest BCUT2D eigenvalue weighted by Gasteiger charge is -2.54. The van der Waals surface area contributed by atoms with Gasteiger partial charge in [-0.2, -0.15) is 0 Å². The molecule has 0 aromatic heterocycles. The van der Waals surface area contributed by atoms with Crippen LogP contribution in [0.1, 0.15) is 56.1 Å². The second-order valence-electron chi connectivity index (χ2n) is 9.73. The summed E-state index contributed by atoms with van der Waals surface area (Å²) in [4.78, 5) is 40.0. The number of rotatable bonds is 2. The molecule has 1 unspecified atom stereocenters. The van der Waals surface area contributed by atoms with E-state index in [0.29, 0.717) is 27.7 Å². The highest BCUT2D eigenvalue weighted by atomic mass is 16.3. The van der Waals surface area contributed by atoms with Crippen molar-refractivity contribution >= 4 is 28.1 Å². The summed E-state index contributed by atoms with van der Waals surface area (Å²) in [6.45, 7) is 10.3. The summed E-state index contributed by atoms with van der Waals surface area (Å²) in [5.41, 5.74) is -1.40. The molecular formula is C26H28O6. The van der Waals surface area contributed by atoms with Gasteiger partial charge in [-0.25, -0.2) is 0 Å². The van der Waals surface area contributed by atoms with Gasteiger partial charge in [0, 0.05) is 5.41 Å². The number of ketones is 3. The molecule has 6 nitrogen and oxygen atoms in total. The topological polar surface area (TPSA) is 112 Å². The maximum Gasteiger partial charge on any atom is 0.206 e. The average Bonchev–Trinajstić information content (AvgIpc) is 2.68. The van der Waals surface area contributed by atoms with E-state index in [1.54, 1.807) is 32.9 Å². The summed E-state index contributed by atoms with van der Waals surface area (Å²) in [7, 11) is 0. The van der Waals surface area contributed by atoms with Crippen molar-refractivity contribution in [3.05, 3.63) is 46.0 Å². The molecule has 3 N–H and O–H groups in total. The Hall–Kier alpha value is -2.99. The highest BCUT2D eigenvalue weighted by Gasteiger charge is 2.67. The normalized spacial score (nSPS) is 27.7. The molecule has 32 heavy (non-hydrogen) atoms. The van der Waals surface area contributed by atoms with Crippen molar-refractivity contribution in [1.29, 1.82) is 0 Å². The van der Waals surface area contributed by atoms with E-state index in [-0.39, 0.29) is 29.0 Å². The van der Waals surface area contributed by atoms with Crippen LogP contribution in [0.2, 0.25) is 0 Å². The van der Waals surface area contributed by atoms with Crippen molar-refractivity contribution in [2.75, 3.05) is 0 Å². The van der Waals surface area contributed by atoms with Crippen LogP contribution in [0.25, 0.3) is 10.8 Å². The quantitative estimate of drug-likeness (QED) is 0.488. The lowest BCUT2D eigenvalue weighted by molar-refractivity contribution is -0.151. The van der Waals surface area contributed by atoms with E-state index < -0.39 is 40.0 Å². The Labute approximate surface area is 186 Å². The number of carbonyl (C=O) groups is 3. The average molecular weight is 437 g/mol. The zero-order valence-corrected chi connectivity index (χ0v) is 19.2. The van der Waals surface area contributed by atoms with Gasteiger partial charge in [0.25, 0.3) is 0 Å². The molecule has 2 aromatic rings. The Morgan fingerprint density at radius 3 is 2.34 bits per heavy atom. The predicted octanol–water partition coefficient (Wildman–Crippen LogP) is 3.80. The summed E-state index contributed by atoms with van der Waals surface area (Å²) in [5, 5.41) is 34.0. The number of hydrogen-bond acceptors (Lipinski definition) is 6. The van der Waals surface area contributed by atoms with Crippen LogP contribution < -0.4 is 0 Å². The third-order valence-corrected chi connectivity index (χ3v) is 7.61. The number of phenolic OH excluding ortho intramolecular Hbond substituents is 2. The van der Waals surface area contributed by atoms with Gasteiger partial charge in [-0.3, -0.25) is 14.4 Å². The van der Waals surface area contributed by atoms with E-state index in [1.807, 2.05) is 13.8 Å². The van der Waals surface area contributed by atoms with Crippen LogP contribution in [0.4, 0.5) is 0 Å². The number of hydrogen-bond donors (Lipinski definition) is 3. The number of Topliss-reactive ketones (excluding diaryl/α,β-unsaturated/α-hetero) is 3. The maximum atomic E-state index is 13.9. The van der Waals surface area contributed by atoms with Gasteiger partial charge in [-0.15, -0.1) is 0 Å². The Bertz CT molecular complexity index is 1270. The van der Waals surface area contributed by atoms with Crippen LogP contribution >= 0.6 is 0 Å². The Kier molecular flexibility index (Phi) is 4.69. The number of benzene rings is 2. The fourth-order valence-electron chi connectivity index (χ4n) is 6.35. The number of aryl methyl sites for hydroxylation is 1. The van der Waals surface area contributed by atoms with Crippen LogP contribution in [0, 0.1) is 24.2 Å². The molecule has 2 aromatic carbocycles. The summed E-state index contributed by atoms with van der Waals surface area (Å²) >= 11 is 0. The van der Waals surface area contributed by atoms with E-state index in [4.69, 9.17) is 0 Å². The molecule has 0 spiro atoms. The van der Waals surface area contributed by atoms with E-state index in [2.05, 4.69) is 0 Å². The van der Waals surface area contributed by atoms with Crippen molar-refractivity contribution in [3.63, 3.8) is 0 Å². The molecule has 0 amide bonds. The third kappa shape index (κ3) is 2.41. The summed E-state index contributed by atoms with van der Waals surface area (Å²) in [5.74, 6) is -4.20. The minimum absolute atomic E-state index is 0.103. The van der Waals surface area contributed by atoms with Gasteiger partial charge in [-0.1, -0.05) is 44.1 Å². The minimum atomic E-state index is -2.50. The van der Waals surface area contributed by atoms with E-state index in [1.165, 1.54) is 13.0 Å². The molecule has 4 rings (SSSR count). The molecule has 3 atom stereocenters. The molecule has 0 fully saturated rings. The number of aromatic hydroxyl groups is 2. The van der Waals surface area contributed by atoms with Gasteiger partial charge < -0.3 is 15.3 Å². The van der Waals surface area contributed by atoms with Crippen LogP contribution in [0.15, 0.2) is 29.3 Å². The fourth-order valence-corrected chi connectivity index (χ4v) is 6.35. The van der Waals surface area contributed by atoms with Crippen molar-refractivity contribution in [2.24, 2.45) is 17.3 Å². The summed E-state index contributed by atoms with van der Waals surface area (Å²) in [6, 6.07) is 4.81. The molecule has 2 aliphatic rings. The molecule has 0 radical (unpaired) electrons. The van der Waals surface area contributed by atoms with E-state index in [9.17, 15) is 29.7 Å². The van der Waals surface area contributed by atoms with Gasteiger partial charge >= 0.3 is 0 Å². The van der Waals surface area contributed by atoms with Crippen molar-refractivity contribution in [2.45, 2.75) is 53.6 Å². The monoisotopic (exact) mass is 436 g/mol. The van der Waals surface area contributed by atoms with Crippen LogP contribution in [-0.2, 0) is 16.0 Å². The standard InChI is InChI=1S/C26H28O6/c1-11(2)21-13(4)18(14(5)27)23(30)26(32)24(31)20-16(10-25(21,26)6)12(3)15-8-7-9-17(28)19(15)22(20)29/h7-9,11,18,28-29,32H,10H2,1-6H3/t18?,25-,26+/m0/s1. The number of phenols is 2. The van der Waals surface area contributed by atoms with Crippen molar-refractivity contribution < 1.29 is 29.7 Å². The molecule has 0 bridgehead atoms. The second kappa shape index (κ2) is 6.75. The lowest BCUT2D eigenvalue weighted by atomic mass is 9.49. The Morgan fingerprint density at radius 2 is 1.78 bits per heavy atom. The summed E-state index contributed by atoms with van der Waals surface area (Å²) < 4.78 is 0. The molecule has 0 aliphatic heterocycles. The van der Waals surface area contributed by atoms with Gasteiger partial charge in [0.05, 0.1) is 10.9 Å². The van der Waals surface area contributed by atoms with E-state index in [0.717, 1.165) is 0 Å². The highest BCUT2D eigenvalue weighted by molar-refractivity contribution is 6.27. The van der Waals surface area contributed by atoms with Crippen LogP contribution in [0.3, 0.4) is 0 Å². The predicted molar refractivity (Wildman–Crippen MR) is 120 cm³/mol. The minimum Gasteiger partial charge on any atom is -0.507 e. The van der Waals surface area contributed by atoms with Gasteiger partial charge in [0.2, 0.25) is 5.78 Å². The molecule has 168 valence electrons. The first-order valence-electron chi connectivity index (χ1n) is 10.8. The second-order valence-corrected chi connectivity index (χ2v) is 9.73. The SMILES string of the molecule is CC(=O)C1C(=O)[C@@]2(O)C(=O)c3c(c(C)c4cccc(O)c4c3O)C[C@@]2(C)C(C(C)C)=C1C. The van der Waals surface area contributed by atoms with Gasteiger partial charge in [0.15, 0.2) is 11.4 Å². The zero-order valence-electron chi connectivity index (χ0n) is 19.2. The fraction of sp³-hybridized carbons (Fsp3) is 0.423. The van der Waals surface area contributed by atoms with Crippen LogP contribution in [-0.4, -0.2) is 38.3 Å². The number of carbonyl (C=O) groups excluding carboxylic acids is 3. The van der Waals surface area contributed by atoms with Gasteiger partial charge in [0.1, 0.15) is 23.2 Å². The maximum absolute atomic E-state index is 13.9. The molecule has 0 heterocycles. The first-order valence-corrected chi connectivity index (χ1v) is 10.8. The van der Waals surface area contributed by atoms with Crippen molar-refractivity contribution in [1.82, 2.24) is 0 Å². The largest absolute Gasteiger partial charge is 0.507 e. The first-order chi connectivity index (χ1) is 14.8. The molecule has 0 saturated heterocycles. The number of allylic oxidation sites excluding steroid dienone is 1. The smallest absolute Gasteiger partial charge is 0.206 e. The lowest BCUT2D eigenvalue weighted by Crippen LogP contribution is -2.67. The third-order valence-electron chi connectivity index (χ3n) is 7.61. The number of fused-ring (bicyclic) bond motifs is 3. The Balaban J connectivity index is 2.16. The Morgan fingerprint density at radius 1 is 1.16 bits per heavy atom. The molecule has 6 heteroatoms. The summed E-state index contributed by atoms with van der Waals surface area (Å²) in [6.07, 6.45) is 0.136. The van der Waals surface area contributed by atoms with Crippen LogP contribution in [0.5, 0.6) is 11.5 Å². The highest BCUT2D eigenvalue weighted by Crippen LogP contribution is 2.58. The van der Waals surface area contributed by atoms with Gasteiger partial charge in [-0.05, 0) is 55.7 Å². The zero-order chi connectivity index (χ0) is 23.9. The van der Waals surface area contributed by atoms with Crippen molar-refractivity contribution in [3.8, 4) is 11.5 Å². The molecule has 0 saturated carbocycles. The first kappa shape index (κ1) is 22.2. The molecule has 2 aliphatic carbocycles. The number of aliphatic hydroxyl groups is 1. The molecular weight excluding hydrogens is 408 g/mol. The van der Waals surface area contributed by atoms with E-state index >= 15 is 0 Å².